The smallest absolute Gasteiger partial charge is 0.266 e. The van der Waals surface area contributed by atoms with Gasteiger partial charge in [-0.25, -0.2) is 0 Å². The Kier molecular flexibility index (Phi) is 5.58. The van der Waals surface area contributed by atoms with E-state index in [1.54, 1.807) is 31.2 Å². The van der Waals surface area contributed by atoms with Gasteiger partial charge in [-0.3, -0.25) is 4.79 Å². The third kappa shape index (κ3) is 4.37. The average molecular weight is 322 g/mol. The molecule has 0 unspecified atom stereocenters. The number of hydrogen-bond donors (Lipinski definition) is 2. The van der Waals surface area contributed by atoms with Crippen LogP contribution in [0.3, 0.4) is 0 Å². The van der Waals surface area contributed by atoms with Crippen molar-refractivity contribution < 1.29 is 14.6 Å². The fourth-order valence-corrected chi connectivity index (χ4v) is 2.04. The zero-order valence-electron chi connectivity index (χ0n) is 13.5. The van der Waals surface area contributed by atoms with E-state index in [0.717, 1.165) is 5.56 Å². The molecule has 5 heteroatoms. The van der Waals surface area contributed by atoms with Gasteiger partial charge in [-0.05, 0) is 49.8 Å². The van der Waals surface area contributed by atoms with Gasteiger partial charge in [-0.15, -0.1) is 0 Å². The van der Waals surface area contributed by atoms with Crippen LogP contribution in [0.1, 0.15) is 18.1 Å². The van der Waals surface area contributed by atoms with Gasteiger partial charge >= 0.3 is 0 Å². The second kappa shape index (κ2) is 7.84. The molecule has 0 heterocycles. The van der Waals surface area contributed by atoms with Crippen molar-refractivity contribution >= 4 is 17.7 Å². The Labute approximate surface area is 140 Å². The molecule has 0 atom stereocenters. The van der Waals surface area contributed by atoms with Crippen LogP contribution in [0.4, 0.5) is 5.69 Å². The fraction of sp³-hybridized carbons (Fsp3) is 0.158. The summed E-state index contributed by atoms with van der Waals surface area (Å²) in [5.41, 5.74) is 2.25. The molecule has 0 aliphatic heterocycles. The van der Waals surface area contributed by atoms with Crippen LogP contribution in [0, 0.1) is 18.3 Å². The standard InChI is InChI=1S/C19H18N2O3/c1-3-24-18-11-14(6-9-17(18)22)10-15(12-20)19(23)21-16-7-4-13(2)5-8-16/h4-11,22H,3H2,1-2H3,(H,21,23). The molecule has 0 saturated heterocycles. The quantitative estimate of drug-likeness (QED) is 0.650. The molecule has 0 saturated carbocycles. The normalized spacial score (nSPS) is 10.8. The Morgan fingerprint density at radius 1 is 1.29 bits per heavy atom. The number of phenolic OH excluding ortho intramolecular Hbond substituents is 1. The van der Waals surface area contributed by atoms with Gasteiger partial charge in [0.25, 0.3) is 5.91 Å². The number of ether oxygens (including phenoxy) is 1. The molecule has 2 rings (SSSR count). The minimum atomic E-state index is -0.493. The summed E-state index contributed by atoms with van der Waals surface area (Å²) in [4.78, 5) is 12.2. The molecule has 0 radical (unpaired) electrons. The van der Waals surface area contributed by atoms with E-state index in [1.807, 2.05) is 25.1 Å². The summed E-state index contributed by atoms with van der Waals surface area (Å²) < 4.78 is 5.30. The van der Waals surface area contributed by atoms with Crippen LogP contribution in [0.25, 0.3) is 6.08 Å². The number of rotatable bonds is 5. The van der Waals surface area contributed by atoms with Gasteiger partial charge in [0.15, 0.2) is 11.5 Å². The van der Waals surface area contributed by atoms with Gasteiger partial charge in [0.1, 0.15) is 11.6 Å². The Balaban J connectivity index is 2.22. The van der Waals surface area contributed by atoms with Crippen molar-refractivity contribution in [2.24, 2.45) is 0 Å². The summed E-state index contributed by atoms with van der Waals surface area (Å²) in [6.07, 6.45) is 1.45. The summed E-state index contributed by atoms with van der Waals surface area (Å²) in [5.74, 6) is -0.175. The first-order valence-electron chi connectivity index (χ1n) is 7.49. The lowest BCUT2D eigenvalue weighted by Gasteiger charge is -2.07. The molecule has 2 aromatic rings. The number of aryl methyl sites for hydroxylation is 1. The second-order valence-corrected chi connectivity index (χ2v) is 5.15. The molecule has 24 heavy (non-hydrogen) atoms. The van der Waals surface area contributed by atoms with Gasteiger partial charge in [0.2, 0.25) is 0 Å². The number of nitrogens with one attached hydrogen (secondary N) is 1. The van der Waals surface area contributed by atoms with Crippen molar-refractivity contribution in [1.29, 1.82) is 5.26 Å². The molecule has 0 bridgehead atoms. The number of carbonyl (C=O) groups is 1. The number of phenols is 1. The molecule has 1 amide bonds. The lowest BCUT2D eigenvalue weighted by Crippen LogP contribution is -2.13. The average Bonchev–Trinajstić information content (AvgIpc) is 2.57. The number of benzene rings is 2. The van der Waals surface area contributed by atoms with Crippen molar-refractivity contribution in [1.82, 2.24) is 0 Å². The Hall–Kier alpha value is -3.26. The molecular formula is C19H18N2O3. The Morgan fingerprint density at radius 2 is 2.00 bits per heavy atom. The Bertz CT molecular complexity index is 802. The van der Waals surface area contributed by atoms with Crippen molar-refractivity contribution in [3.8, 4) is 17.6 Å². The van der Waals surface area contributed by atoms with Crippen molar-refractivity contribution in [2.75, 3.05) is 11.9 Å². The minimum absolute atomic E-state index is 0.0108. The van der Waals surface area contributed by atoms with E-state index in [9.17, 15) is 15.2 Å². The van der Waals surface area contributed by atoms with Gasteiger partial charge in [0.05, 0.1) is 6.61 Å². The first kappa shape index (κ1) is 17.1. The highest BCUT2D eigenvalue weighted by molar-refractivity contribution is 6.09. The van der Waals surface area contributed by atoms with Crippen LogP contribution in [0.5, 0.6) is 11.5 Å². The molecule has 0 aliphatic rings. The second-order valence-electron chi connectivity index (χ2n) is 5.15. The van der Waals surface area contributed by atoms with Crippen LogP contribution >= 0.6 is 0 Å². The fourth-order valence-electron chi connectivity index (χ4n) is 2.04. The van der Waals surface area contributed by atoms with Gasteiger partial charge in [-0.2, -0.15) is 5.26 Å². The maximum Gasteiger partial charge on any atom is 0.266 e. The highest BCUT2D eigenvalue weighted by Gasteiger charge is 2.10. The Morgan fingerprint density at radius 3 is 2.62 bits per heavy atom. The molecule has 0 fully saturated rings. The van der Waals surface area contributed by atoms with Crippen LogP contribution in [-0.2, 0) is 4.79 Å². The van der Waals surface area contributed by atoms with Crippen LogP contribution < -0.4 is 10.1 Å². The monoisotopic (exact) mass is 322 g/mol. The van der Waals surface area contributed by atoms with E-state index in [-0.39, 0.29) is 11.3 Å². The zero-order chi connectivity index (χ0) is 17.5. The van der Waals surface area contributed by atoms with Crippen LogP contribution in [0.15, 0.2) is 48.0 Å². The summed E-state index contributed by atoms with van der Waals surface area (Å²) in [6.45, 7) is 4.16. The molecule has 5 nitrogen and oxygen atoms in total. The third-order valence-corrected chi connectivity index (χ3v) is 3.27. The SMILES string of the molecule is CCOc1cc(C=C(C#N)C(=O)Nc2ccc(C)cc2)ccc1O. The first-order valence-corrected chi connectivity index (χ1v) is 7.49. The van der Waals surface area contributed by atoms with Gasteiger partial charge in [-0.1, -0.05) is 23.8 Å². The summed E-state index contributed by atoms with van der Waals surface area (Å²) >= 11 is 0. The molecule has 122 valence electrons. The summed E-state index contributed by atoms with van der Waals surface area (Å²) in [6, 6.07) is 13.8. The van der Waals surface area contributed by atoms with Gasteiger partial charge < -0.3 is 15.2 Å². The van der Waals surface area contributed by atoms with E-state index in [4.69, 9.17) is 4.74 Å². The number of anilines is 1. The molecule has 0 aliphatic carbocycles. The molecule has 0 spiro atoms. The van der Waals surface area contributed by atoms with E-state index in [0.29, 0.717) is 23.6 Å². The van der Waals surface area contributed by atoms with Crippen molar-refractivity contribution in [2.45, 2.75) is 13.8 Å². The molecule has 0 aromatic heterocycles. The largest absolute Gasteiger partial charge is 0.504 e. The van der Waals surface area contributed by atoms with E-state index in [1.165, 1.54) is 12.1 Å². The van der Waals surface area contributed by atoms with Crippen molar-refractivity contribution in [3.63, 3.8) is 0 Å². The zero-order valence-corrected chi connectivity index (χ0v) is 13.5. The molecular weight excluding hydrogens is 304 g/mol. The number of nitrogens with zero attached hydrogens (tertiary/aromatic N) is 1. The summed E-state index contributed by atoms with van der Waals surface area (Å²) in [5, 5.41) is 21.6. The first-order chi connectivity index (χ1) is 11.5. The summed E-state index contributed by atoms with van der Waals surface area (Å²) in [7, 11) is 0. The van der Waals surface area contributed by atoms with E-state index < -0.39 is 5.91 Å². The predicted molar refractivity (Wildman–Crippen MR) is 92.7 cm³/mol. The van der Waals surface area contributed by atoms with Crippen LogP contribution in [0.2, 0.25) is 0 Å². The lowest BCUT2D eigenvalue weighted by atomic mass is 10.1. The topological polar surface area (TPSA) is 82.3 Å². The maximum absolute atomic E-state index is 12.2. The molecule has 2 N–H and O–H groups in total. The highest BCUT2D eigenvalue weighted by atomic mass is 16.5. The number of hydrogen-bond acceptors (Lipinski definition) is 4. The van der Waals surface area contributed by atoms with Crippen molar-refractivity contribution in [3.05, 3.63) is 59.2 Å². The van der Waals surface area contributed by atoms with E-state index in [2.05, 4.69) is 5.32 Å². The maximum atomic E-state index is 12.2. The number of nitriles is 1. The third-order valence-electron chi connectivity index (χ3n) is 3.27. The number of carbonyl (C=O) groups excluding carboxylic acids is 1. The molecule has 2 aromatic carbocycles. The van der Waals surface area contributed by atoms with Crippen LogP contribution in [-0.4, -0.2) is 17.6 Å². The lowest BCUT2D eigenvalue weighted by molar-refractivity contribution is -0.112. The van der Waals surface area contributed by atoms with Gasteiger partial charge in [0, 0.05) is 5.69 Å². The minimum Gasteiger partial charge on any atom is -0.504 e. The number of amides is 1. The van der Waals surface area contributed by atoms with E-state index >= 15 is 0 Å². The highest BCUT2D eigenvalue weighted by Crippen LogP contribution is 2.27. The predicted octanol–water partition coefficient (Wildman–Crippen LogP) is 3.65. The number of aromatic hydroxyl groups is 1.